The van der Waals surface area contributed by atoms with E-state index < -0.39 is 0 Å². The van der Waals surface area contributed by atoms with Crippen molar-refractivity contribution in [3.05, 3.63) is 35.7 Å². The lowest BCUT2D eigenvalue weighted by molar-refractivity contribution is -0.133. The van der Waals surface area contributed by atoms with Crippen LogP contribution in [-0.4, -0.2) is 34.0 Å². The molecule has 1 aromatic carbocycles. The van der Waals surface area contributed by atoms with Crippen molar-refractivity contribution in [2.75, 3.05) is 13.1 Å². The molecule has 0 N–H and O–H groups in total. The highest BCUT2D eigenvalue weighted by molar-refractivity contribution is 5.76. The highest BCUT2D eigenvalue weighted by Gasteiger charge is 2.22. The summed E-state index contributed by atoms with van der Waals surface area (Å²) >= 11 is 0. The number of hydrogen-bond donors (Lipinski definition) is 0. The summed E-state index contributed by atoms with van der Waals surface area (Å²) in [5, 5.41) is 4.07. The van der Waals surface area contributed by atoms with Crippen molar-refractivity contribution in [2.24, 2.45) is 11.3 Å². The number of nitrogens with zero attached hydrogens (tertiary/aromatic N) is 3. The molecule has 0 aliphatic carbocycles. The van der Waals surface area contributed by atoms with E-state index in [4.69, 9.17) is 4.52 Å². The van der Waals surface area contributed by atoms with Crippen molar-refractivity contribution in [3.63, 3.8) is 0 Å². The van der Waals surface area contributed by atoms with Crippen LogP contribution in [0.5, 0.6) is 0 Å². The minimum absolute atomic E-state index is 0.0184. The molecular formula is C21H31N3O2. The first-order valence-electron chi connectivity index (χ1n) is 9.31. The molecule has 5 heteroatoms. The number of carbonyl (C=O) groups is 1. The molecule has 0 bridgehead atoms. The van der Waals surface area contributed by atoms with E-state index in [1.807, 2.05) is 36.1 Å². The average Bonchev–Trinajstić information content (AvgIpc) is 2.99. The second-order valence-corrected chi connectivity index (χ2v) is 8.60. The molecule has 1 heterocycles. The molecule has 0 aliphatic heterocycles. The van der Waals surface area contributed by atoms with E-state index in [-0.39, 0.29) is 11.3 Å². The van der Waals surface area contributed by atoms with Gasteiger partial charge in [0.1, 0.15) is 0 Å². The Morgan fingerprint density at radius 3 is 2.42 bits per heavy atom. The quantitative estimate of drug-likeness (QED) is 0.731. The first kappa shape index (κ1) is 20.1. The Morgan fingerprint density at radius 1 is 1.19 bits per heavy atom. The lowest BCUT2D eigenvalue weighted by Crippen LogP contribution is -2.37. The molecule has 5 nitrogen and oxygen atoms in total. The lowest BCUT2D eigenvalue weighted by atomic mass is 9.91. The number of carbonyl (C=O) groups excluding carboxylic acids is 1. The predicted octanol–water partition coefficient (Wildman–Crippen LogP) is 4.51. The summed E-state index contributed by atoms with van der Waals surface area (Å²) in [4.78, 5) is 19.0. The summed E-state index contributed by atoms with van der Waals surface area (Å²) in [6.45, 7) is 13.9. The van der Waals surface area contributed by atoms with Gasteiger partial charge in [0.25, 0.3) is 0 Å². The Morgan fingerprint density at radius 2 is 1.85 bits per heavy atom. The molecular weight excluding hydrogens is 326 g/mol. The smallest absolute Gasteiger partial charge is 0.228 e. The summed E-state index contributed by atoms with van der Waals surface area (Å²) < 4.78 is 5.39. The van der Waals surface area contributed by atoms with Crippen LogP contribution in [0.4, 0.5) is 0 Å². The molecule has 0 saturated carbocycles. The highest BCUT2D eigenvalue weighted by atomic mass is 16.5. The maximum absolute atomic E-state index is 12.6. The van der Waals surface area contributed by atoms with Crippen LogP contribution >= 0.6 is 0 Å². The molecule has 0 aliphatic rings. The van der Waals surface area contributed by atoms with Crippen LogP contribution < -0.4 is 0 Å². The molecule has 0 saturated heterocycles. The van der Waals surface area contributed by atoms with Gasteiger partial charge in [0.15, 0.2) is 0 Å². The molecule has 2 rings (SSSR count). The second kappa shape index (κ2) is 8.47. The fourth-order valence-electron chi connectivity index (χ4n) is 2.73. The highest BCUT2D eigenvalue weighted by Crippen LogP contribution is 2.21. The van der Waals surface area contributed by atoms with Gasteiger partial charge in [-0.3, -0.25) is 4.79 Å². The molecule has 0 unspecified atom stereocenters. The van der Waals surface area contributed by atoms with Crippen molar-refractivity contribution in [1.82, 2.24) is 15.0 Å². The average molecular weight is 357 g/mol. The second-order valence-electron chi connectivity index (χ2n) is 8.60. The maximum atomic E-state index is 12.6. The fraction of sp³-hybridized carbons (Fsp3) is 0.571. The Hall–Kier alpha value is -2.17. The van der Waals surface area contributed by atoms with Crippen LogP contribution in [0, 0.1) is 18.3 Å². The number of hydrogen-bond acceptors (Lipinski definition) is 4. The van der Waals surface area contributed by atoms with Crippen LogP contribution in [0.25, 0.3) is 11.4 Å². The third kappa shape index (κ3) is 6.28. The number of aromatic nitrogens is 2. The van der Waals surface area contributed by atoms with Crippen molar-refractivity contribution in [3.8, 4) is 11.4 Å². The normalized spacial score (nSPS) is 11.8. The van der Waals surface area contributed by atoms with Crippen molar-refractivity contribution < 1.29 is 9.32 Å². The van der Waals surface area contributed by atoms with E-state index in [0.29, 0.717) is 37.0 Å². The van der Waals surface area contributed by atoms with Gasteiger partial charge in [-0.2, -0.15) is 4.98 Å². The van der Waals surface area contributed by atoms with Crippen LogP contribution in [0.15, 0.2) is 28.8 Å². The van der Waals surface area contributed by atoms with E-state index in [2.05, 4.69) is 44.8 Å². The molecule has 26 heavy (non-hydrogen) atoms. The van der Waals surface area contributed by atoms with Gasteiger partial charge >= 0.3 is 0 Å². The molecule has 0 radical (unpaired) electrons. The Labute approximate surface area is 156 Å². The minimum Gasteiger partial charge on any atom is -0.342 e. The molecule has 1 amide bonds. The summed E-state index contributed by atoms with van der Waals surface area (Å²) in [5.74, 6) is 1.77. The number of benzene rings is 1. The van der Waals surface area contributed by atoms with Crippen molar-refractivity contribution in [2.45, 2.75) is 54.4 Å². The molecule has 0 spiro atoms. The van der Waals surface area contributed by atoms with Crippen LogP contribution in [0.1, 0.15) is 52.5 Å². The van der Waals surface area contributed by atoms with E-state index in [0.717, 1.165) is 12.1 Å². The number of amides is 1. The summed E-state index contributed by atoms with van der Waals surface area (Å²) in [7, 11) is 0. The Balaban J connectivity index is 2.01. The fourth-order valence-corrected chi connectivity index (χ4v) is 2.73. The largest absolute Gasteiger partial charge is 0.342 e. The summed E-state index contributed by atoms with van der Waals surface area (Å²) in [6, 6.07) is 8.03. The van der Waals surface area contributed by atoms with E-state index in [1.165, 1.54) is 5.56 Å². The van der Waals surface area contributed by atoms with E-state index in [9.17, 15) is 4.79 Å². The standard InChI is InChI=1S/C21H31N3O2/c1-15(2)14-24(19(25)13-21(4,5)6)12-11-18-22-20(23-26-18)17-9-7-16(3)8-10-17/h7-10,15H,11-14H2,1-6H3. The van der Waals surface area contributed by atoms with Gasteiger partial charge in [-0.1, -0.05) is 69.6 Å². The SMILES string of the molecule is Cc1ccc(-c2noc(CCN(CC(C)C)C(=O)CC(C)(C)C)n2)cc1. The molecule has 1 aromatic heterocycles. The molecule has 142 valence electrons. The van der Waals surface area contributed by atoms with Crippen LogP contribution in [-0.2, 0) is 11.2 Å². The zero-order valence-corrected chi connectivity index (χ0v) is 16.9. The number of rotatable bonds is 7. The molecule has 0 fully saturated rings. The van der Waals surface area contributed by atoms with Gasteiger partial charge in [-0.05, 0) is 18.3 Å². The van der Waals surface area contributed by atoms with Gasteiger partial charge in [-0.15, -0.1) is 0 Å². The molecule has 2 aromatic rings. The van der Waals surface area contributed by atoms with Crippen LogP contribution in [0.3, 0.4) is 0 Å². The Kier molecular flexibility index (Phi) is 6.57. The molecule has 0 atom stereocenters. The predicted molar refractivity (Wildman–Crippen MR) is 104 cm³/mol. The zero-order chi connectivity index (χ0) is 19.3. The van der Waals surface area contributed by atoms with Gasteiger partial charge in [0, 0.05) is 31.5 Å². The van der Waals surface area contributed by atoms with Crippen molar-refractivity contribution in [1.29, 1.82) is 0 Å². The minimum atomic E-state index is -0.0184. The van der Waals surface area contributed by atoms with Gasteiger partial charge < -0.3 is 9.42 Å². The first-order valence-corrected chi connectivity index (χ1v) is 9.31. The van der Waals surface area contributed by atoms with E-state index >= 15 is 0 Å². The third-order valence-electron chi connectivity index (χ3n) is 3.99. The lowest BCUT2D eigenvalue weighted by Gasteiger charge is -2.27. The van der Waals surface area contributed by atoms with Crippen LogP contribution in [0.2, 0.25) is 0 Å². The van der Waals surface area contributed by atoms with Gasteiger partial charge in [0.05, 0.1) is 0 Å². The number of aryl methyl sites for hydroxylation is 1. The summed E-state index contributed by atoms with van der Waals surface area (Å²) in [6.07, 6.45) is 1.11. The van der Waals surface area contributed by atoms with Gasteiger partial charge in [-0.25, -0.2) is 0 Å². The van der Waals surface area contributed by atoms with Gasteiger partial charge in [0.2, 0.25) is 17.6 Å². The first-order chi connectivity index (χ1) is 12.1. The van der Waals surface area contributed by atoms with Crippen molar-refractivity contribution >= 4 is 5.91 Å². The third-order valence-corrected chi connectivity index (χ3v) is 3.99. The topological polar surface area (TPSA) is 59.2 Å². The summed E-state index contributed by atoms with van der Waals surface area (Å²) in [5.41, 5.74) is 2.11. The Bertz CT molecular complexity index is 712. The maximum Gasteiger partial charge on any atom is 0.228 e. The van der Waals surface area contributed by atoms with E-state index in [1.54, 1.807) is 0 Å². The zero-order valence-electron chi connectivity index (χ0n) is 16.9. The monoisotopic (exact) mass is 357 g/mol.